The van der Waals surface area contributed by atoms with Crippen molar-refractivity contribution in [3.63, 3.8) is 0 Å². The van der Waals surface area contributed by atoms with Crippen molar-refractivity contribution in [1.82, 2.24) is 20.3 Å². The third-order valence-corrected chi connectivity index (χ3v) is 6.30. The molecule has 2 aliphatic heterocycles. The fraction of sp³-hybridized carbons (Fsp3) is 0.333. The van der Waals surface area contributed by atoms with E-state index in [-0.39, 0.29) is 11.7 Å². The molecule has 1 N–H and O–H groups in total. The summed E-state index contributed by atoms with van der Waals surface area (Å²) in [4.78, 5) is 27.5. The third-order valence-electron chi connectivity index (χ3n) is 5.90. The molecule has 7 nitrogen and oxygen atoms in total. The lowest BCUT2D eigenvalue weighted by molar-refractivity contribution is -0.00572. The van der Waals surface area contributed by atoms with Crippen LogP contribution in [0, 0.1) is 6.92 Å². The van der Waals surface area contributed by atoms with E-state index in [9.17, 15) is 9.59 Å². The Morgan fingerprint density at radius 3 is 2.72 bits per heavy atom. The Morgan fingerprint density at radius 1 is 1.17 bits per heavy atom. The molecule has 1 saturated heterocycles. The highest BCUT2D eigenvalue weighted by atomic mass is 35.5. The van der Waals surface area contributed by atoms with E-state index in [1.807, 2.05) is 17.9 Å². The predicted octanol–water partition coefficient (Wildman–Crippen LogP) is 3.56. The van der Waals surface area contributed by atoms with Gasteiger partial charge in [-0.05, 0) is 42.8 Å². The molecule has 8 heteroatoms. The van der Waals surface area contributed by atoms with Crippen LogP contribution in [0.3, 0.4) is 0 Å². The lowest BCUT2D eigenvalue weighted by Crippen LogP contribution is -2.52. The average molecular weight is 411 g/mol. The number of piperidine rings is 1. The molecule has 2 aliphatic rings. The van der Waals surface area contributed by atoms with Crippen molar-refractivity contribution >= 4 is 34.3 Å². The molecule has 3 aromatic rings. The van der Waals surface area contributed by atoms with Crippen LogP contribution in [-0.2, 0) is 0 Å². The minimum Gasteiger partial charge on any atom is -0.486 e. The number of halogens is 1. The van der Waals surface area contributed by atoms with Gasteiger partial charge in [0.15, 0.2) is 5.78 Å². The van der Waals surface area contributed by atoms with Crippen molar-refractivity contribution in [2.24, 2.45) is 0 Å². The van der Waals surface area contributed by atoms with Gasteiger partial charge in [0.1, 0.15) is 22.4 Å². The minimum atomic E-state index is -0.558. The maximum absolute atomic E-state index is 12.9. The van der Waals surface area contributed by atoms with E-state index in [4.69, 9.17) is 16.3 Å². The number of ether oxygens (including phenoxy) is 1. The maximum Gasteiger partial charge on any atom is 0.253 e. The van der Waals surface area contributed by atoms with Crippen LogP contribution in [0.2, 0.25) is 5.02 Å². The molecular formula is C21H19ClN4O3. The summed E-state index contributed by atoms with van der Waals surface area (Å²) in [6.07, 6.45) is 1.53. The van der Waals surface area contributed by atoms with Gasteiger partial charge in [-0.2, -0.15) is 15.4 Å². The molecule has 2 aromatic carbocycles. The van der Waals surface area contributed by atoms with Gasteiger partial charge in [-0.1, -0.05) is 11.6 Å². The van der Waals surface area contributed by atoms with Crippen LogP contribution < -0.4 is 4.74 Å². The number of nitrogens with zero attached hydrogens (tertiary/aromatic N) is 3. The Kier molecular flexibility index (Phi) is 4.10. The Bertz CT molecular complexity index is 1150. The summed E-state index contributed by atoms with van der Waals surface area (Å²) in [5.74, 6) is 0.596. The van der Waals surface area contributed by atoms with Gasteiger partial charge < -0.3 is 9.64 Å². The minimum absolute atomic E-state index is 0.0458. The number of carbonyl (C=O) groups excluding carboxylic acids is 2. The first-order chi connectivity index (χ1) is 13.9. The number of fused-ring (bicyclic) bond motifs is 2. The van der Waals surface area contributed by atoms with Crippen molar-refractivity contribution < 1.29 is 14.3 Å². The molecule has 0 aliphatic carbocycles. The number of H-pyrrole nitrogens is 1. The number of ketones is 1. The van der Waals surface area contributed by atoms with Gasteiger partial charge in [0.2, 0.25) is 0 Å². The summed E-state index contributed by atoms with van der Waals surface area (Å²) < 4.78 is 6.31. The molecule has 5 rings (SSSR count). The summed E-state index contributed by atoms with van der Waals surface area (Å²) in [6, 6.07) is 8.82. The summed E-state index contributed by atoms with van der Waals surface area (Å²) in [7, 11) is 0. The Morgan fingerprint density at radius 2 is 1.93 bits per heavy atom. The lowest BCUT2D eigenvalue weighted by atomic mass is 9.82. The molecule has 0 unspecified atom stereocenters. The number of Topliss-reactive ketones (excluding diaryl/α,β-unsaturated/α-hetero) is 1. The molecule has 0 atom stereocenters. The van der Waals surface area contributed by atoms with E-state index in [1.54, 1.807) is 24.3 Å². The largest absolute Gasteiger partial charge is 0.486 e. The molecule has 29 heavy (non-hydrogen) atoms. The highest BCUT2D eigenvalue weighted by Crippen LogP contribution is 2.41. The number of aryl methyl sites for hydroxylation is 1. The zero-order valence-corrected chi connectivity index (χ0v) is 16.6. The van der Waals surface area contributed by atoms with Crippen molar-refractivity contribution in [2.45, 2.75) is 31.8 Å². The van der Waals surface area contributed by atoms with Crippen LogP contribution in [-0.4, -0.2) is 50.7 Å². The van der Waals surface area contributed by atoms with Crippen LogP contribution >= 0.6 is 11.6 Å². The fourth-order valence-corrected chi connectivity index (χ4v) is 4.33. The number of hydrogen-bond acceptors (Lipinski definition) is 5. The number of hydrogen-bond donors (Lipinski definition) is 1. The molecule has 1 aromatic heterocycles. The zero-order chi connectivity index (χ0) is 20.2. The van der Waals surface area contributed by atoms with Gasteiger partial charge in [-0.3, -0.25) is 9.59 Å². The predicted molar refractivity (Wildman–Crippen MR) is 108 cm³/mol. The number of carbonyl (C=O) groups is 2. The van der Waals surface area contributed by atoms with E-state index < -0.39 is 5.60 Å². The third kappa shape index (κ3) is 3.06. The number of likely N-dealkylation sites (tertiary alicyclic amines) is 1. The van der Waals surface area contributed by atoms with Crippen LogP contribution in [0.4, 0.5) is 0 Å². The quantitative estimate of drug-likeness (QED) is 0.662. The van der Waals surface area contributed by atoms with Crippen LogP contribution in [0.15, 0.2) is 30.3 Å². The van der Waals surface area contributed by atoms with Gasteiger partial charge in [0.05, 0.1) is 12.0 Å². The molecular weight excluding hydrogens is 392 g/mol. The van der Waals surface area contributed by atoms with E-state index in [0.29, 0.717) is 59.8 Å². The SMILES string of the molecule is Cc1cc2c(cc1Cl)C(=O)CC1(CCN(C(=O)c3ccc4n[nH]nc4c3)CC1)O2. The van der Waals surface area contributed by atoms with E-state index in [2.05, 4.69) is 15.4 Å². The molecule has 0 saturated carbocycles. The first-order valence-electron chi connectivity index (χ1n) is 9.56. The second-order valence-electron chi connectivity index (χ2n) is 7.80. The van der Waals surface area contributed by atoms with E-state index >= 15 is 0 Å². The molecule has 3 heterocycles. The number of benzene rings is 2. The first-order valence-corrected chi connectivity index (χ1v) is 9.94. The molecule has 0 radical (unpaired) electrons. The standard InChI is InChI=1S/C21H19ClN4O3/c1-12-8-19-14(10-15(12)22)18(27)11-21(29-19)4-6-26(7-5-21)20(28)13-2-3-16-17(9-13)24-25-23-16/h2-3,8-10H,4-7,11H2,1H3,(H,23,24,25). The van der Waals surface area contributed by atoms with Crippen LogP contribution in [0.1, 0.15) is 45.5 Å². The summed E-state index contributed by atoms with van der Waals surface area (Å²) >= 11 is 6.17. The molecule has 1 spiro atoms. The number of amides is 1. The normalized spacial score (nSPS) is 18.0. The molecule has 148 valence electrons. The Hall–Kier alpha value is -2.93. The monoisotopic (exact) mass is 410 g/mol. The Labute approximate surface area is 172 Å². The highest BCUT2D eigenvalue weighted by molar-refractivity contribution is 6.31. The van der Waals surface area contributed by atoms with Gasteiger partial charge in [0.25, 0.3) is 5.91 Å². The summed E-state index contributed by atoms with van der Waals surface area (Å²) in [5.41, 5.74) is 2.84. The van der Waals surface area contributed by atoms with Gasteiger partial charge in [-0.25, -0.2) is 0 Å². The van der Waals surface area contributed by atoms with Crippen molar-refractivity contribution in [3.8, 4) is 5.75 Å². The topological polar surface area (TPSA) is 88.2 Å². The van der Waals surface area contributed by atoms with Gasteiger partial charge in [-0.15, -0.1) is 0 Å². The van der Waals surface area contributed by atoms with Crippen molar-refractivity contribution in [2.75, 3.05) is 13.1 Å². The zero-order valence-electron chi connectivity index (χ0n) is 15.9. The van der Waals surface area contributed by atoms with E-state index in [0.717, 1.165) is 11.1 Å². The van der Waals surface area contributed by atoms with Crippen molar-refractivity contribution in [3.05, 3.63) is 52.0 Å². The Balaban J connectivity index is 1.33. The number of aromatic nitrogens is 3. The van der Waals surface area contributed by atoms with Gasteiger partial charge in [0, 0.05) is 36.5 Å². The summed E-state index contributed by atoms with van der Waals surface area (Å²) in [6.45, 7) is 2.96. The van der Waals surface area contributed by atoms with Gasteiger partial charge >= 0.3 is 0 Å². The van der Waals surface area contributed by atoms with Crippen LogP contribution in [0.25, 0.3) is 11.0 Å². The first kappa shape index (κ1) is 18.1. The molecule has 0 bridgehead atoms. The number of aromatic amines is 1. The molecule has 1 amide bonds. The smallest absolute Gasteiger partial charge is 0.253 e. The lowest BCUT2D eigenvalue weighted by Gasteiger charge is -2.44. The van der Waals surface area contributed by atoms with E-state index in [1.165, 1.54) is 0 Å². The highest BCUT2D eigenvalue weighted by Gasteiger charge is 2.44. The fourth-order valence-electron chi connectivity index (χ4n) is 4.17. The second kappa shape index (κ2) is 6.56. The van der Waals surface area contributed by atoms with Crippen molar-refractivity contribution in [1.29, 1.82) is 0 Å². The van der Waals surface area contributed by atoms with Crippen LogP contribution in [0.5, 0.6) is 5.75 Å². The molecule has 1 fully saturated rings. The maximum atomic E-state index is 12.9. The average Bonchev–Trinajstić information content (AvgIpc) is 3.17. The summed E-state index contributed by atoms with van der Waals surface area (Å²) in [5, 5.41) is 11.2. The number of nitrogens with one attached hydrogen (secondary N) is 1. The number of rotatable bonds is 1. The second-order valence-corrected chi connectivity index (χ2v) is 8.21.